The van der Waals surface area contributed by atoms with Crippen LogP contribution < -0.4 is 5.69 Å². The maximum atomic E-state index is 12.8. The van der Waals surface area contributed by atoms with Crippen molar-refractivity contribution in [1.29, 1.82) is 0 Å². The highest BCUT2D eigenvalue weighted by Gasteiger charge is 2.00. The van der Waals surface area contributed by atoms with Crippen molar-refractivity contribution < 1.29 is 4.39 Å². The SMILES string of the molecule is O=c1ncc(F)cn1Cc1cccs1. The van der Waals surface area contributed by atoms with Gasteiger partial charge in [-0.3, -0.25) is 4.57 Å². The van der Waals surface area contributed by atoms with Crippen molar-refractivity contribution >= 4 is 11.3 Å². The highest BCUT2D eigenvalue weighted by atomic mass is 32.1. The average Bonchev–Trinajstić information content (AvgIpc) is 2.64. The van der Waals surface area contributed by atoms with Gasteiger partial charge >= 0.3 is 5.69 Å². The second-order valence-corrected chi connectivity index (χ2v) is 3.79. The van der Waals surface area contributed by atoms with E-state index in [1.165, 1.54) is 15.9 Å². The first kappa shape index (κ1) is 9.08. The predicted octanol–water partition coefficient (Wildman–Crippen LogP) is 1.49. The van der Waals surface area contributed by atoms with Crippen LogP contribution in [0.1, 0.15) is 4.88 Å². The normalized spacial score (nSPS) is 10.4. The summed E-state index contributed by atoms with van der Waals surface area (Å²) in [5.41, 5.74) is -0.431. The number of rotatable bonds is 2. The molecule has 2 aromatic rings. The molecule has 2 aromatic heterocycles. The van der Waals surface area contributed by atoms with Gasteiger partial charge in [-0.05, 0) is 11.4 Å². The molecule has 0 aromatic carbocycles. The van der Waals surface area contributed by atoms with Gasteiger partial charge < -0.3 is 0 Å². The highest BCUT2D eigenvalue weighted by Crippen LogP contribution is 2.09. The monoisotopic (exact) mass is 210 g/mol. The molecule has 0 unspecified atom stereocenters. The number of aromatic nitrogens is 2. The van der Waals surface area contributed by atoms with Crippen LogP contribution in [0.25, 0.3) is 0 Å². The summed E-state index contributed by atoms with van der Waals surface area (Å²) in [6, 6.07) is 3.78. The molecule has 0 aliphatic carbocycles. The number of thiophene rings is 1. The Bertz CT molecular complexity index is 478. The molecule has 0 N–H and O–H groups in total. The first-order chi connectivity index (χ1) is 6.75. The van der Waals surface area contributed by atoms with Crippen molar-refractivity contribution in [3.63, 3.8) is 0 Å². The van der Waals surface area contributed by atoms with E-state index in [-0.39, 0.29) is 0 Å². The summed E-state index contributed by atoms with van der Waals surface area (Å²) >= 11 is 1.52. The van der Waals surface area contributed by atoms with E-state index in [1.807, 2.05) is 17.5 Å². The molecule has 5 heteroatoms. The maximum absolute atomic E-state index is 12.8. The minimum atomic E-state index is -0.499. The Morgan fingerprint density at radius 2 is 2.43 bits per heavy atom. The van der Waals surface area contributed by atoms with Gasteiger partial charge in [-0.25, -0.2) is 9.18 Å². The van der Waals surface area contributed by atoms with Crippen molar-refractivity contribution in [3.05, 3.63) is 51.1 Å². The summed E-state index contributed by atoms with van der Waals surface area (Å²) in [5.74, 6) is -0.499. The molecule has 0 spiro atoms. The Labute approximate surface area is 83.5 Å². The van der Waals surface area contributed by atoms with Crippen LogP contribution in [0.5, 0.6) is 0 Å². The molecule has 0 atom stereocenters. The standard InChI is InChI=1S/C9H7FN2OS/c10-7-4-11-9(13)12(5-7)6-8-2-1-3-14-8/h1-5H,6H2. The summed E-state index contributed by atoms with van der Waals surface area (Å²) < 4.78 is 14.0. The molecule has 14 heavy (non-hydrogen) atoms. The molecule has 0 radical (unpaired) electrons. The molecule has 0 amide bonds. The molecule has 3 nitrogen and oxygen atoms in total. The minimum Gasteiger partial charge on any atom is -0.291 e. The Balaban J connectivity index is 2.33. The smallest absolute Gasteiger partial charge is 0.291 e. The van der Waals surface area contributed by atoms with Gasteiger partial charge in [0.1, 0.15) is 0 Å². The van der Waals surface area contributed by atoms with Gasteiger partial charge in [0, 0.05) is 11.1 Å². The molecule has 2 rings (SSSR count). The lowest BCUT2D eigenvalue weighted by Gasteiger charge is -2.01. The van der Waals surface area contributed by atoms with Gasteiger partial charge in [-0.1, -0.05) is 6.07 Å². The van der Waals surface area contributed by atoms with Crippen molar-refractivity contribution in [2.75, 3.05) is 0 Å². The molecule has 2 heterocycles. The van der Waals surface area contributed by atoms with E-state index in [9.17, 15) is 9.18 Å². The average molecular weight is 210 g/mol. The van der Waals surface area contributed by atoms with Crippen molar-refractivity contribution in [1.82, 2.24) is 9.55 Å². The third-order valence-electron chi connectivity index (χ3n) is 1.73. The zero-order valence-corrected chi connectivity index (χ0v) is 8.00. The molecule has 0 aliphatic rings. The van der Waals surface area contributed by atoms with Crippen molar-refractivity contribution in [3.8, 4) is 0 Å². The summed E-state index contributed by atoms with van der Waals surface area (Å²) in [7, 11) is 0. The quantitative estimate of drug-likeness (QED) is 0.752. The largest absolute Gasteiger partial charge is 0.348 e. The Hall–Kier alpha value is -1.49. The predicted molar refractivity (Wildman–Crippen MR) is 51.9 cm³/mol. The molecule has 72 valence electrons. The molecular weight excluding hydrogens is 203 g/mol. The molecule has 0 bridgehead atoms. The van der Waals surface area contributed by atoms with Crippen LogP contribution in [0.4, 0.5) is 4.39 Å². The van der Waals surface area contributed by atoms with Crippen LogP contribution in [0.2, 0.25) is 0 Å². The van der Waals surface area contributed by atoms with E-state index < -0.39 is 11.5 Å². The number of halogens is 1. The van der Waals surface area contributed by atoms with Gasteiger partial charge in [0.15, 0.2) is 5.82 Å². The third-order valence-corrected chi connectivity index (χ3v) is 2.59. The highest BCUT2D eigenvalue weighted by molar-refractivity contribution is 7.09. The first-order valence-corrected chi connectivity index (χ1v) is 4.88. The Kier molecular flexibility index (Phi) is 2.41. The molecule has 0 fully saturated rings. The van der Waals surface area contributed by atoms with Gasteiger partial charge in [0.2, 0.25) is 0 Å². The summed E-state index contributed by atoms with van der Waals surface area (Å²) in [4.78, 5) is 15.6. The van der Waals surface area contributed by atoms with Gasteiger partial charge in [-0.2, -0.15) is 4.98 Å². The fraction of sp³-hybridized carbons (Fsp3) is 0.111. The van der Waals surface area contributed by atoms with E-state index in [1.54, 1.807) is 0 Å². The van der Waals surface area contributed by atoms with Crippen molar-refractivity contribution in [2.45, 2.75) is 6.54 Å². The van der Waals surface area contributed by atoms with Gasteiger partial charge in [0.05, 0.1) is 12.7 Å². The van der Waals surface area contributed by atoms with Crippen molar-refractivity contribution in [2.24, 2.45) is 0 Å². The van der Waals surface area contributed by atoms with Gasteiger partial charge in [0.25, 0.3) is 0 Å². The van der Waals surface area contributed by atoms with Crippen LogP contribution in [0, 0.1) is 5.82 Å². The van der Waals surface area contributed by atoms with Gasteiger partial charge in [-0.15, -0.1) is 11.3 Å². The Morgan fingerprint density at radius 1 is 1.57 bits per heavy atom. The van der Waals surface area contributed by atoms with Crippen LogP contribution >= 0.6 is 11.3 Å². The van der Waals surface area contributed by atoms with E-state index in [0.717, 1.165) is 17.3 Å². The van der Waals surface area contributed by atoms with E-state index >= 15 is 0 Å². The fourth-order valence-corrected chi connectivity index (χ4v) is 1.81. The number of hydrogen-bond donors (Lipinski definition) is 0. The van der Waals surface area contributed by atoms with Crippen LogP contribution in [-0.2, 0) is 6.54 Å². The molecule has 0 saturated carbocycles. The second kappa shape index (κ2) is 3.71. The van der Waals surface area contributed by atoms with Crippen LogP contribution in [-0.4, -0.2) is 9.55 Å². The zero-order chi connectivity index (χ0) is 9.97. The third kappa shape index (κ3) is 1.88. The maximum Gasteiger partial charge on any atom is 0.348 e. The van der Waals surface area contributed by atoms with E-state index in [2.05, 4.69) is 4.98 Å². The van der Waals surface area contributed by atoms with E-state index in [4.69, 9.17) is 0 Å². The lowest BCUT2D eigenvalue weighted by atomic mass is 10.4. The number of nitrogens with zero attached hydrogens (tertiary/aromatic N) is 2. The zero-order valence-electron chi connectivity index (χ0n) is 7.18. The minimum absolute atomic E-state index is 0.376. The van der Waals surface area contributed by atoms with E-state index in [0.29, 0.717) is 6.54 Å². The first-order valence-electron chi connectivity index (χ1n) is 4.00. The Morgan fingerprint density at radius 3 is 3.14 bits per heavy atom. The fourth-order valence-electron chi connectivity index (χ4n) is 1.11. The second-order valence-electron chi connectivity index (χ2n) is 2.76. The molecular formula is C9H7FN2OS. The number of hydrogen-bond acceptors (Lipinski definition) is 3. The topological polar surface area (TPSA) is 34.9 Å². The van der Waals surface area contributed by atoms with Crippen LogP contribution in [0.3, 0.4) is 0 Å². The molecule has 0 saturated heterocycles. The summed E-state index contributed by atoms with van der Waals surface area (Å²) in [5, 5.41) is 1.91. The van der Waals surface area contributed by atoms with Crippen LogP contribution in [0.15, 0.2) is 34.7 Å². The summed E-state index contributed by atoms with van der Waals surface area (Å²) in [6.07, 6.45) is 2.09. The lowest BCUT2D eigenvalue weighted by molar-refractivity contribution is 0.581. The molecule has 0 aliphatic heterocycles. The lowest BCUT2D eigenvalue weighted by Crippen LogP contribution is -2.22. The summed E-state index contributed by atoms with van der Waals surface area (Å²) in [6.45, 7) is 0.376.